The third kappa shape index (κ3) is 6.15. The van der Waals surface area contributed by atoms with Gasteiger partial charge in [0.2, 0.25) is 0 Å². The normalized spacial score (nSPS) is 10.7. The summed E-state index contributed by atoms with van der Waals surface area (Å²) in [4.78, 5) is 6.21. The number of hydrogen-bond donors (Lipinski definition) is 1. The van der Waals surface area contributed by atoms with Gasteiger partial charge in [-0.05, 0) is 23.8 Å². The molecule has 0 aliphatic heterocycles. The highest BCUT2D eigenvalue weighted by molar-refractivity contribution is 14.0. The van der Waals surface area contributed by atoms with Crippen molar-refractivity contribution in [2.75, 3.05) is 35.4 Å². The molecule has 0 aromatic heterocycles. The number of halogens is 2. The minimum absolute atomic E-state index is 0. The van der Waals surface area contributed by atoms with Crippen molar-refractivity contribution in [2.45, 2.75) is 13.1 Å². The Morgan fingerprint density at radius 1 is 1.04 bits per heavy atom. The average molecular weight is 503 g/mol. The number of nitrogens with one attached hydrogen (secondary N) is 1. The molecule has 0 atom stereocenters. The number of guanidine groups is 1. The molecule has 0 saturated heterocycles. The maximum atomic E-state index is 13.4. The Bertz CT molecular complexity index is 802. The monoisotopic (exact) mass is 503 g/mol. The third-order valence-corrected chi connectivity index (χ3v) is 4.11. The second-order valence-corrected chi connectivity index (χ2v) is 5.91. The number of methoxy groups -OCH3 is 3. The highest BCUT2D eigenvalue weighted by Crippen LogP contribution is 2.34. The first kappa shape index (κ1) is 23.8. The van der Waals surface area contributed by atoms with E-state index in [1.165, 1.54) is 12.1 Å². The van der Waals surface area contributed by atoms with Crippen LogP contribution in [0.1, 0.15) is 11.1 Å². The van der Waals surface area contributed by atoms with Crippen LogP contribution in [0.4, 0.5) is 4.39 Å². The smallest absolute Gasteiger partial charge is 0.193 e. The number of nitrogens with zero attached hydrogens (tertiary/aromatic N) is 2. The summed E-state index contributed by atoms with van der Waals surface area (Å²) in [5, 5.41) is 3.29. The number of rotatable bonds is 7. The molecular weight excluding hydrogens is 476 g/mol. The van der Waals surface area contributed by atoms with Gasteiger partial charge in [0, 0.05) is 38.8 Å². The molecule has 0 unspecified atom stereocenters. The Balaban J connectivity index is 0.00000392. The van der Waals surface area contributed by atoms with E-state index in [2.05, 4.69) is 10.3 Å². The lowest BCUT2D eigenvalue weighted by Gasteiger charge is -2.23. The van der Waals surface area contributed by atoms with Crippen LogP contribution in [0.3, 0.4) is 0 Å². The van der Waals surface area contributed by atoms with Gasteiger partial charge in [0.1, 0.15) is 11.6 Å². The highest BCUT2D eigenvalue weighted by Gasteiger charge is 2.13. The second kappa shape index (κ2) is 11.6. The molecule has 0 saturated carbocycles. The average Bonchev–Trinajstić information content (AvgIpc) is 2.67. The molecule has 0 bridgehead atoms. The van der Waals surface area contributed by atoms with Crippen LogP contribution in [-0.4, -0.2) is 46.3 Å². The van der Waals surface area contributed by atoms with Gasteiger partial charge >= 0.3 is 0 Å². The van der Waals surface area contributed by atoms with Crippen LogP contribution in [0.5, 0.6) is 17.2 Å². The zero-order chi connectivity index (χ0) is 19.8. The molecule has 2 aromatic carbocycles. The fourth-order valence-corrected chi connectivity index (χ4v) is 2.77. The van der Waals surface area contributed by atoms with Gasteiger partial charge in [-0.2, -0.15) is 0 Å². The van der Waals surface area contributed by atoms with E-state index in [1.807, 2.05) is 24.1 Å². The summed E-state index contributed by atoms with van der Waals surface area (Å²) in [6.07, 6.45) is 0. The van der Waals surface area contributed by atoms with Crippen molar-refractivity contribution in [3.63, 3.8) is 0 Å². The maximum absolute atomic E-state index is 13.4. The van der Waals surface area contributed by atoms with Gasteiger partial charge in [0.25, 0.3) is 0 Å². The van der Waals surface area contributed by atoms with E-state index in [4.69, 9.17) is 14.2 Å². The summed E-state index contributed by atoms with van der Waals surface area (Å²) >= 11 is 0. The molecule has 1 N–H and O–H groups in total. The largest absolute Gasteiger partial charge is 0.496 e. The van der Waals surface area contributed by atoms with E-state index in [1.54, 1.807) is 40.5 Å². The molecule has 0 aliphatic rings. The molecule has 154 valence electrons. The summed E-state index contributed by atoms with van der Waals surface area (Å²) in [5.41, 5.74) is 1.76. The van der Waals surface area contributed by atoms with Crippen LogP contribution in [0.2, 0.25) is 0 Å². The molecule has 0 fully saturated rings. The Labute approximate surface area is 182 Å². The number of aliphatic imine (C=N–C) groups is 1. The Hall–Kier alpha value is -2.23. The quantitative estimate of drug-likeness (QED) is 0.355. The van der Waals surface area contributed by atoms with Gasteiger partial charge < -0.3 is 24.4 Å². The van der Waals surface area contributed by atoms with Gasteiger partial charge in [-0.15, -0.1) is 24.0 Å². The molecule has 0 amide bonds. The van der Waals surface area contributed by atoms with E-state index in [0.717, 1.165) is 11.1 Å². The SMILES string of the molecule is CN=C(NCc1cc(OC)c(OC)cc1OC)N(C)Cc1cccc(F)c1.I. The predicted molar refractivity (Wildman–Crippen MR) is 120 cm³/mol. The molecule has 0 spiro atoms. The minimum Gasteiger partial charge on any atom is -0.496 e. The Morgan fingerprint density at radius 3 is 2.25 bits per heavy atom. The lowest BCUT2D eigenvalue weighted by molar-refractivity contribution is 0.347. The lowest BCUT2D eigenvalue weighted by Crippen LogP contribution is -2.38. The van der Waals surface area contributed by atoms with Gasteiger partial charge in [0.05, 0.1) is 21.3 Å². The summed E-state index contributed by atoms with van der Waals surface area (Å²) in [7, 11) is 8.38. The fraction of sp³-hybridized carbons (Fsp3) is 0.350. The van der Waals surface area contributed by atoms with Gasteiger partial charge in [-0.1, -0.05) is 12.1 Å². The van der Waals surface area contributed by atoms with Gasteiger partial charge in [-0.3, -0.25) is 4.99 Å². The van der Waals surface area contributed by atoms with Crippen LogP contribution in [0, 0.1) is 5.82 Å². The molecule has 0 heterocycles. The number of benzene rings is 2. The standard InChI is InChI=1S/C20H26FN3O3.HI/c1-22-20(24(2)13-14-7-6-8-16(21)9-14)23-12-15-10-18(26-4)19(27-5)11-17(15)25-3;/h6-11H,12-13H2,1-5H3,(H,22,23);1H. The molecule has 28 heavy (non-hydrogen) atoms. The second-order valence-electron chi connectivity index (χ2n) is 5.91. The lowest BCUT2D eigenvalue weighted by atomic mass is 10.1. The van der Waals surface area contributed by atoms with Crippen molar-refractivity contribution in [1.29, 1.82) is 0 Å². The first-order valence-corrected chi connectivity index (χ1v) is 8.47. The molecule has 0 radical (unpaired) electrons. The zero-order valence-electron chi connectivity index (χ0n) is 16.8. The molecule has 6 nitrogen and oxygen atoms in total. The van der Waals surface area contributed by atoms with Crippen LogP contribution >= 0.6 is 24.0 Å². The maximum Gasteiger partial charge on any atom is 0.193 e. The van der Waals surface area contributed by atoms with E-state index in [-0.39, 0.29) is 29.8 Å². The van der Waals surface area contributed by atoms with Crippen molar-refractivity contribution in [2.24, 2.45) is 4.99 Å². The van der Waals surface area contributed by atoms with E-state index < -0.39 is 0 Å². The summed E-state index contributed by atoms with van der Waals surface area (Å²) in [6, 6.07) is 10.2. The van der Waals surface area contributed by atoms with Crippen LogP contribution in [-0.2, 0) is 13.1 Å². The molecule has 2 aromatic rings. The molecule has 2 rings (SSSR count). The number of hydrogen-bond acceptors (Lipinski definition) is 4. The topological polar surface area (TPSA) is 55.3 Å². The highest BCUT2D eigenvalue weighted by atomic mass is 127. The Kier molecular flexibility index (Phi) is 9.84. The van der Waals surface area contributed by atoms with E-state index in [9.17, 15) is 4.39 Å². The third-order valence-electron chi connectivity index (χ3n) is 4.11. The zero-order valence-corrected chi connectivity index (χ0v) is 19.1. The van der Waals surface area contributed by atoms with Crippen molar-refractivity contribution >= 4 is 29.9 Å². The van der Waals surface area contributed by atoms with E-state index in [0.29, 0.717) is 36.3 Å². The van der Waals surface area contributed by atoms with Crippen LogP contribution < -0.4 is 19.5 Å². The van der Waals surface area contributed by atoms with Gasteiger partial charge in [-0.25, -0.2) is 4.39 Å². The fourth-order valence-electron chi connectivity index (χ4n) is 2.77. The van der Waals surface area contributed by atoms with Crippen LogP contribution in [0.15, 0.2) is 41.4 Å². The molecular formula is C20H27FIN3O3. The first-order valence-electron chi connectivity index (χ1n) is 8.47. The summed E-state index contributed by atoms with van der Waals surface area (Å²) in [6.45, 7) is 1.00. The van der Waals surface area contributed by atoms with Crippen molar-refractivity contribution in [3.05, 3.63) is 53.3 Å². The van der Waals surface area contributed by atoms with Crippen molar-refractivity contribution < 1.29 is 18.6 Å². The summed E-state index contributed by atoms with van der Waals surface area (Å²) in [5.74, 6) is 2.34. The molecule has 0 aliphatic carbocycles. The predicted octanol–water partition coefficient (Wildman–Crippen LogP) is 3.68. The van der Waals surface area contributed by atoms with Crippen molar-refractivity contribution in [1.82, 2.24) is 10.2 Å². The van der Waals surface area contributed by atoms with Crippen molar-refractivity contribution in [3.8, 4) is 17.2 Å². The number of ether oxygens (including phenoxy) is 3. The molecule has 8 heteroatoms. The van der Waals surface area contributed by atoms with E-state index >= 15 is 0 Å². The minimum atomic E-state index is -0.251. The summed E-state index contributed by atoms with van der Waals surface area (Å²) < 4.78 is 29.5. The Morgan fingerprint density at radius 2 is 1.68 bits per heavy atom. The van der Waals surface area contributed by atoms with Gasteiger partial charge in [0.15, 0.2) is 17.5 Å². The van der Waals surface area contributed by atoms with Crippen LogP contribution in [0.25, 0.3) is 0 Å². The first-order chi connectivity index (χ1) is 13.0.